The number of hydrogen-bond acceptors (Lipinski definition) is 5. The highest BCUT2D eigenvalue weighted by Gasteiger charge is 2.45. The van der Waals surface area contributed by atoms with Crippen molar-refractivity contribution >= 4 is 17.5 Å². The zero-order valence-corrected chi connectivity index (χ0v) is 23.6. The van der Waals surface area contributed by atoms with Crippen LogP contribution in [0.1, 0.15) is 70.6 Å². The molecule has 1 aromatic rings. The maximum absolute atomic E-state index is 14.1. The van der Waals surface area contributed by atoms with E-state index in [9.17, 15) is 9.18 Å². The summed E-state index contributed by atoms with van der Waals surface area (Å²) in [5, 5.41) is 11.4. The molecule has 0 radical (unpaired) electrons. The molecule has 38 heavy (non-hydrogen) atoms. The van der Waals surface area contributed by atoms with E-state index in [-0.39, 0.29) is 58.9 Å². The molecule has 0 saturated heterocycles. The van der Waals surface area contributed by atoms with E-state index in [1.807, 2.05) is 4.57 Å². The third kappa shape index (κ3) is 6.67. The van der Waals surface area contributed by atoms with Crippen molar-refractivity contribution < 1.29 is 23.1 Å². The predicted octanol–water partition coefficient (Wildman–Crippen LogP) is 5.06. The second-order valence-electron chi connectivity index (χ2n) is 12.5. The van der Waals surface area contributed by atoms with Crippen molar-refractivity contribution in [2.24, 2.45) is 35.5 Å². The lowest BCUT2D eigenvalue weighted by molar-refractivity contribution is -0.129. The topological polar surface area (TPSA) is 89.5 Å². The summed E-state index contributed by atoms with van der Waals surface area (Å²) in [4.78, 5) is 13.9. The van der Waals surface area contributed by atoms with Crippen molar-refractivity contribution in [1.29, 1.82) is 5.41 Å². The molecular weight excluding hydrogens is 509 g/mol. The van der Waals surface area contributed by atoms with E-state index in [4.69, 9.17) is 30.9 Å². The maximum Gasteiger partial charge on any atom is 0.293 e. The van der Waals surface area contributed by atoms with Gasteiger partial charge in [-0.1, -0.05) is 0 Å². The van der Waals surface area contributed by atoms with Gasteiger partial charge in [0.1, 0.15) is 12.4 Å². The maximum atomic E-state index is 14.1. The van der Waals surface area contributed by atoms with E-state index >= 15 is 0 Å². The second-order valence-corrected chi connectivity index (χ2v) is 13.1. The van der Waals surface area contributed by atoms with Crippen molar-refractivity contribution in [2.75, 3.05) is 14.2 Å². The monoisotopic (exact) mass is 553 g/mol. The molecule has 214 valence electrons. The van der Waals surface area contributed by atoms with Gasteiger partial charge in [0.25, 0.3) is 5.68 Å². The van der Waals surface area contributed by atoms with Gasteiger partial charge in [0.15, 0.2) is 0 Å². The van der Waals surface area contributed by atoms with Crippen LogP contribution in [0.5, 0.6) is 0 Å². The van der Waals surface area contributed by atoms with E-state index in [0.717, 1.165) is 57.8 Å². The van der Waals surface area contributed by atoms with Crippen LogP contribution in [0.4, 0.5) is 4.39 Å². The fourth-order valence-electron chi connectivity index (χ4n) is 7.84. The van der Waals surface area contributed by atoms with Crippen molar-refractivity contribution in [3.8, 4) is 0 Å². The lowest BCUT2D eigenvalue weighted by atomic mass is 9.66. The van der Waals surface area contributed by atoms with Crippen LogP contribution < -0.4 is 11.0 Å². The predicted molar refractivity (Wildman–Crippen MR) is 142 cm³/mol. The molecule has 2 N–H and O–H groups in total. The molecule has 1 heterocycles. The molecule has 9 unspecified atom stereocenters. The largest absolute Gasteiger partial charge is 0.432 e. The first-order chi connectivity index (χ1) is 18.3. The van der Waals surface area contributed by atoms with Gasteiger partial charge in [0, 0.05) is 44.3 Å². The summed E-state index contributed by atoms with van der Waals surface area (Å²) in [6.07, 6.45) is 12.3. The molecular formula is C29H45ClFN3O4. The van der Waals surface area contributed by atoms with Gasteiger partial charge in [-0.05, 0) is 100 Å². The SMILES string of the molecule is COC1CC(OC)CC(C(NC(=O)C2CC(Cn3ccoc3=N)CC(C3CCC(F)CC3Cl)C2)C2CC2)C1. The van der Waals surface area contributed by atoms with E-state index in [0.29, 0.717) is 31.2 Å². The molecule has 4 fully saturated rings. The summed E-state index contributed by atoms with van der Waals surface area (Å²) >= 11 is 6.73. The summed E-state index contributed by atoms with van der Waals surface area (Å²) in [5.74, 6) is 1.69. The minimum atomic E-state index is -0.818. The zero-order valence-electron chi connectivity index (χ0n) is 22.8. The Morgan fingerprint density at radius 1 is 1.08 bits per heavy atom. The molecule has 9 atom stereocenters. The van der Waals surface area contributed by atoms with Gasteiger partial charge in [0.2, 0.25) is 5.91 Å². The highest BCUT2D eigenvalue weighted by molar-refractivity contribution is 6.20. The summed E-state index contributed by atoms with van der Waals surface area (Å²) in [6, 6.07) is 0.155. The van der Waals surface area contributed by atoms with Crippen LogP contribution in [-0.4, -0.2) is 54.5 Å². The van der Waals surface area contributed by atoms with Crippen LogP contribution in [0.3, 0.4) is 0 Å². The van der Waals surface area contributed by atoms with Crippen LogP contribution in [0.25, 0.3) is 0 Å². The van der Waals surface area contributed by atoms with Crippen LogP contribution in [0, 0.1) is 40.9 Å². The van der Waals surface area contributed by atoms with Crippen molar-refractivity contribution in [3.05, 3.63) is 18.1 Å². The van der Waals surface area contributed by atoms with Crippen molar-refractivity contribution in [1.82, 2.24) is 9.88 Å². The Kier molecular flexibility index (Phi) is 9.21. The fraction of sp³-hybridized carbons (Fsp3) is 0.862. The first kappa shape index (κ1) is 28.2. The number of ether oxygens (including phenoxy) is 2. The normalized spacial score (nSPS) is 39.0. The van der Waals surface area contributed by atoms with Crippen molar-refractivity contribution in [2.45, 2.75) is 107 Å². The number of nitrogens with one attached hydrogen (secondary N) is 2. The first-order valence-corrected chi connectivity index (χ1v) is 15.1. The first-order valence-electron chi connectivity index (χ1n) is 14.7. The molecule has 0 spiro atoms. The van der Waals surface area contributed by atoms with Crippen molar-refractivity contribution in [3.63, 3.8) is 0 Å². The number of amides is 1. The molecule has 0 bridgehead atoms. The zero-order chi connectivity index (χ0) is 26.8. The summed E-state index contributed by atoms with van der Waals surface area (Å²) in [5.41, 5.74) is 0.132. The highest BCUT2D eigenvalue weighted by Crippen LogP contribution is 2.46. The number of rotatable bonds is 9. The molecule has 4 aliphatic carbocycles. The Morgan fingerprint density at radius 3 is 2.42 bits per heavy atom. The number of aromatic nitrogens is 1. The number of carbonyl (C=O) groups excluding carboxylic acids is 1. The van der Waals surface area contributed by atoms with Gasteiger partial charge in [-0.2, -0.15) is 0 Å². The van der Waals surface area contributed by atoms with E-state index in [1.54, 1.807) is 20.4 Å². The van der Waals surface area contributed by atoms with Crippen LogP contribution in [-0.2, 0) is 20.8 Å². The fourth-order valence-corrected chi connectivity index (χ4v) is 8.36. The van der Waals surface area contributed by atoms with E-state index in [2.05, 4.69) is 5.32 Å². The van der Waals surface area contributed by atoms with Gasteiger partial charge < -0.3 is 19.2 Å². The lowest BCUT2D eigenvalue weighted by Gasteiger charge is -2.43. The van der Waals surface area contributed by atoms with Crippen LogP contribution >= 0.6 is 11.6 Å². The molecule has 5 rings (SSSR count). The minimum Gasteiger partial charge on any atom is -0.432 e. The average molecular weight is 554 g/mol. The second kappa shape index (κ2) is 12.4. The standard InChI is InChI=1S/C29H45ClFN3O4/c1-36-23-12-20(13-24(15-23)37-2)27(18-3-4-18)33-28(35)21-10-17(16-34-7-8-38-29(34)32)9-19(11-21)25-6-5-22(31)14-26(25)30/h7-8,17-27,32H,3-6,9-16H2,1-2H3,(H,33,35). The molecule has 4 saturated carbocycles. The Bertz CT molecular complexity index is 971. The smallest absolute Gasteiger partial charge is 0.293 e. The molecule has 0 aliphatic heterocycles. The van der Waals surface area contributed by atoms with E-state index < -0.39 is 6.17 Å². The Morgan fingerprint density at radius 2 is 1.82 bits per heavy atom. The van der Waals surface area contributed by atoms with Gasteiger partial charge in [-0.15, -0.1) is 11.6 Å². The minimum absolute atomic E-state index is 0.103. The Labute approximate surface area is 230 Å². The number of carbonyl (C=O) groups is 1. The van der Waals surface area contributed by atoms with Gasteiger partial charge in [-0.3, -0.25) is 14.8 Å². The molecule has 7 nitrogen and oxygen atoms in total. The third-order valence-corrected chi connectivity index (χ3v) is 10.5. The van der Waals surface area contributed by atoms with Crippen LogP contribution in [0.2, 0.25) is 0 Å². The van der Waals surface area contributed by atoms with Gasteiger partial charge in [-0.25, -0.2) is 4.39 Å². The van der Waals surface area contributed by atoms with Crippen LogP contribution in [0.15, 0.2) is 16.9 Å². The number of methoxy groups -OCH3 is 2. The van der Waals surface area contributed by atoms with Gasteiger partial charge in [0.05, 0.1) is 12.2 Å². The summed E-state index contributed by atoms with van der Waals surface area (Å²) in [7, 11) is 3.54. The van der Waals surface area contributed by atoms with Gasteiger partial charge >= 0.3 is 0 Å². The number of hydrogen-bond donors (Lipinski definition) is 2. The van der Waals surface area contributed by atoms with E-state index in [1.165, 1.54) is 6.26 Å². The molecule has 0 aromatic carbocycles. The third-order valence-electron chi connectivity index (χ3n) is 9.98. The summed E-state index contributed by atoms with van der Waals surface area (Å²) in [6.45, 7) is 0.654. The number of alkyl halides is 2. The number of nitrogens with zero attached hydrogens (tertiary/aromatic N) is 1. The number of halogens is 2. The molecule has 1 aromatic heterocycles. The quantitative estimate of drug-likeness (QED) is 0.418. The number of oxazole rings is 1. The highest BCUT2D eigenvalue weighted by atomic mass is 35.5. The summed E-state index contributed by atoms with van der Waals surface area (Å²) < 4.78 is 32.6. The molecule has 4 aliphatic rings. The molecule has 9 heteroatoms. The Balaban J connectivity index is 1.30. The Hall–Kier alpha value is -1.38. The average Bonchev–Trinajstić information content (AvgIpc) is 3.68. The molecule has 1 amide bonds. The lowest BCUT2D eigenvalue weighted by Crippen LogP contribution is -2.50.